The number of hydrogen-bond donors (Lipinski definition) is 0. The summed E-state index contributed by atoms with van der Waals surface area (Å²) in [4.78, 5) is 24.9. The van der Waals surface area contributed by atoms with Crippen molar-refractivity contribution in [3.8, 4) is 17.2 Å². The van der Waals surface area contributed by atoms with Crippen LogP contribution in [-0.2, 0) is 0 Å². The summed E-state index contributed by atoms with van der Waals surface area (Å²) in [6.07, 6.45) is 1.25. The second-order valence-corrected chi connectivity index (χ2v) is 6.84. The first kappa shape index (κ1) is 18.8. The Morgan fingerprint density at radius 2 is 1.62 bits per heavy atom. The Balaban J connectivity index is 1.58. The Morgan fingerprint density at radius 3 is 2.34 bits per heavy atom. The predicted molar refractivity (Wildman–Crippen MR) is 110 cm³/mol. The smallest absolute Gasteiger partial charge is 0.343 e. The van der Waals surface area contributed by atoms with Crippen molar-refractivity contribution in [1.82, 2.24) is 0 Å². The summed E-state index contributed by atoms with van der Waals surface area (Å²) in [5.74, 6) is 0.332. The zero-order valence-electron chi connectivity index (χ0n) is 15.3. The molecule has 29 heavy (non-hydrogen) atoms. The third-order valence-corrected chi connectivity index (χ3v) is 4.51. The van der Waals surface area contributed by atoms with E-state index in [2.05, 4.69) is 0 Å². The van der Waals surface area contributed by atoms with E-state index in [1.54, 1.807) is 36.4 Å². The standard InChI is InChI=1S/C23H15ClO5/c1-14-2-8-17(9-3-14)28-21-13-27-20-12-18(10-11-19(20)22(21)25)29-23(26)15-4-6-16(24)7-5-15/h2-13H,1H3. The number of halogens is 1. The van der Waals surface area contributed by atoms with Crippen LogP contribution < -0.4 is 14.9 Å². The zero-order valence-corrected chi connectivity index (χ0v) is 16.1. The lowest BCUT2D eigenvalue weighted by Gasteiger charge is -2.07. The molecule has 0 atom stereocenters. The monoisotopic (exact) mass is 406 g/mol. The summed E-state index contributed by atoms with van der Waals surface area (Å²) < 4.78 is 16.5. The predicted octanol–water partition coefficient (Wildman–Crippen LogP) is 5.77. The maximum absolute atomic E-state index is 12.7. The average Bonchev–Trinajstić information content (AvgIpc) is 2.72. The molecule has 0 saturated carbocycles. The van der Waals surface area contributed by atoms with Gasteiger partial charge in [0, 0.05) is 11.1 Å². The normalized spacial score (nSPS) is 10.7. The van der Waals surface area contributed by atoms with Crippen molar-refractivity contribution in [3.63, 3.8) is 0 Å². The molecule has 3 aromatic carbocycles. The Morgan fingerprint density at radius 1 is 0.931 bits per heavy atom. The van der Waals surface area contributed by atoms with Crippen LogP contribution in [0.3, 0.4) is 0 Å². The van der Waals surface area contributed by atoms with Gasteiger partial charge in [-0.05, 0) is 55.5 Å². The van der Waals surface area contributed by atoms with Gasteiger partial charge in [-0.3, -0.25) is 4.79 Å². The van der Waals surface area contributed by atoms with E-state index < -0.39 is 5.97 Å². The lowest BCUT2D eigenvalue weighted by atomic mass is 10.2. The molecule has 4 aromatic rings. The highest BCUT2D eigenvalue weighted by atomic mass is 35.5. The summed E-state index contributed by atoms with van der Waals surface area (Å²) in [5, 5.41) is 0.846. The second kappa shape index (κ2) is 7.81. The van der Waals surface area contributed by atoms with Gasteiger partial charge >= 0.3 is 5.97 Å². The van der Waals surface area contributed by atoms with E-state index in [9.17, 15) is 9.59 Å². The van der Waals surface area contributed by atoms with Gasteiger partial charge in [0.2, 0.25) is 11.2 Å². The molecule has 0 spiro atoms. The fourth-order valence-electron chi connectivity index (χ4n) is 2.71. The van der Waals surface area contributed by atoms with Crippen molar-refractivity contribution < 1.29 is 18.7 Å². The van der Waals surface area contributed by atoms with E-state index in [4.69, 9.17) is 25.5 Å². The number of fused-ring (bicyclic) bond motifs is 1. The third kappa shape index (κ3) is 4.15. The first-order valence-corrected chi connectivity index (χ1v) is 9.15. The molecular formula is C23H15ClO5. The minimum absolute atomic E-state index is 0.0762. The molecule has 0 aliphatic heterocycles. The third-order valence-electron chi connectivity index (χ3n) is 4.25. The molecule has 0 bridgehead atoms. The molecule has 0 saturated heterocycles. The molecule has 6 heteroatoms. The highest BCUT2D eigenvalue weighted by Crippen LogP contribution is 2.25. The van der Waals surface area contributed by atoms with E-state index >= 15 is 0 Å². The fraction of sp³-hybridized carbons (Fsp3) is 0.0435. The number of aryl methyl sites for hydroxylation is 1. The number of benzene rings is 3. The highest BCUT2D eigenvalue weighted by Gasteiger charge is 2.13. The van der Waals surface area contributed by atoms with Crippen molar-refractivity contribution in [2.75, 3.05) is 0 Å². The summed E-state index contributed by atoms with van der Waals surface area (Å²) in [7, 11) is 0. The minimum atomic E-state index is -0.539. The number of ether oxygens (including phenoxy) is 2. The maximum Gasteiger partial charge on any atom is 0.343 e. The van der Waals surface area contributed by atoms with E-state index in [-0.39, 0.29) is 22.5 Å². The maximum atomic E-state index is 12.7. The SMILES string of the molecule is Cc1ccc(Oc2coc3cc(OC(=O)c4ccc(Cl)cc4)ccc3c2=O)cc1. The molecule has 144 valence electrons. The lowest BCUT2D eigenvalue weighted by molar-refractivity contribution is 0.0735. The van der Waals surface area contributed by atoms with Crippen molar-refractivity contribution >= 4 is 28.5 Å². The van der Waals surface area contributed by atoms with Crippen LogP contribution in [0.1, 0.15) is 15.9 Å². The van der Waals surface area contributed by atoms with Gasteiger partial charge in [-0.2, -0.15) is 0 Å². The van der Waals surface area contributed by atoms with Crippen LogP contribution in [0.2, 0.25) is 5.02 Å². The molecule has 0 N–H and O–H groups in total. The molecule has 5 nitrogen and oxygen atoms in total. The Hall–Kier alpha value is -3.57. The summed E-state index contributed by atoms with van der Waals surface area (Å²) in [6, 6.07) is 18.2. The largest absolute Gasteiger partial charge is 0.460 e. The quantitative estimate of drug-likeness (QED) is 0.318. The van der Waals surface area contributed by atoms with Crippen LogP contribution in [0.5, 0.6) is 17.2 Å². The van der Waals surface area contributed by atoms with E-state index in [1.165, 1.54) is 24.5 Å². The number of esters is 1. The molecule has 0 amide bonds. The summed E-state index contributed by atoms with van der Waals surface area (Å²) in [5.41, 5.74) is 1.41. The molecule has 1 heterocycles. The molecule has 1 aromatic heterocycles. The van der Waals surface area contributed by atoms with Gasteiger partial charge in [-0.25, -0.2) is 4.79 Å². The van der Waals surface area contributed by atoms with Gasteiger partial charge in [0.15, 0.2) is 0 Å². The highest BCUT2D eigenvalue weighted by molar-refractivity contribution is 6.30. The molecule has 0 radical (unpaired) electrons. The molecular weight excluding hydrogens is 392 g/mol. The van der Waals surface area contributed by atoms with Gasteiger partial charge in [0.1, 0.15) is 23.3 Å². The molecule has 0 aliphatic carbocycles. The van der Waals surface area contributed by atoms with Crippen molar-refractivity contribution in [2.24, 2.45) is 0 Å². The first-order chi connectivity index (χ1) is 14.0. The zero-order chi connectivity index (χ0) is 20.4. The van der Waals surface area contributed by atoms with Gasteiger partial charge < -0.3 is 13.9 Å². The van der Waals surface area contributed by atoms with Crippen LogP contribution in [-0.4, -0.2) is 5.97 Å². The van der Waals surface area contributed by atoms with Crippen molar-refractivity contribution in [3.05, 3.63) is 99.4 Å². The van der Waals surface area contributed by atoms with Gasteiger partial charge in [-0.15, -0.1) is 0 Å². The first-order valence-electron chi connectivity index (χ1n) is 8.77. The van der Waals surface area contributed by atoms with Crippen molar-refractivity contribution in [1.29, 1.82) is 0 Å². The van der Waals surface area contributed by atoms with E-state index in [0.717, 1.165) is 5.56 Å². The van der Waals surface area contributed by atoms with Crippen LogP contribution in [0, 0.1) is 6.92 Å². The molecule has 0 unspecified atom stereocenters. The van der Waals surface area contributed by atoms with Gasteiger partial charge in [0.25, 0.3) is 0 Å². The molecule has 0 aliphatic rings. The number of carbonyl (C=O) groups excluding carboxylic acids is 1. The summed E-state index contributed by atoms with van der Waals surface area (Å²) >= 11 is 5.82. The Bertz CT molecular complexity index is 1240. The molecule has 0 fully saturated rings. The Labute approximate surface area is 171 Å². The van der Waals surface area contributed by atoms with Crippen molar-refractivity contribution in [2.45, 2.75) is 6.92 Å². The average molecular weight is 407 g/mol. The van der Waals surface area contributed by atoms with Crippen LogP contribution in [0.15, 0.2) is 82.2 Å². The summed E-state index contributed by atoms with van der Waals surface area (Å²) in [6.45, 7) is 1.96. The molecule has 4 rings (SSSR count). The number of carbonyl (C=O) groups is 1. The Kier molecular flexibility index (Phi) is 5.06. The number of rotatable bonds is 4. The van der Waals surface area contributed by atoms with E-state index in [0.29, 0.717) is 21.7 Å². The van der Waals surface area contributed by atoms with Crippen LogP contribution in [0.25, 0.3) is 11.0 Å². The minimum Gasteiger partial charge on any atom is -0.460 e. The topological polar surface area (TPSA) is 65.7 Å². The van der Waals surface area contributed by atoms with Crippen LogP contribution >= 0.6 is 11.6 Å². The van der Waals surface area contributed by atoms with Gasteiger partial charge in [-0.1, -0.05) is 29.3 Å². The second-order valence-electron chi connectivity index (χ2n) is 6.40. The number of hydrogen-bond acceptors (Lipinski definition) is 5. The van der Waals surface area contributed by atoms with Crippen LogP contribution in [0.4, 0.5) is 0 Å². The lowest BCUT2D eigenvalue weighted by Crippen LogP contribution is -2.09. The van der Waals surface area contributed by atoms with E-state index in [1.807, 2.05) is 19.1 Å². The fourth-order valence-corrected chi connectivity index (χ4v) is 2.84. The van der Waals surface area contributed by atoms with Gasteiger partial charge in [0.05, 0.1) is 10.9 Å².